The molecular weight excluding hydrogens is 228 g/mol. The normalized spacial score (nSPS) is 21.2. The predicted octanol–water partition coefficient (Wildman–Crippen LogP) is 1.07. The van der Waals surface area contributed by atoms with Gasteiger partial charge in [0.05, 0.1) is 6.54 Å². The van der Waals surface area contributed by atoms with E-state index >= 15 is 0 Å². The van der Waals surface area contributed by atoms with Crippen molar-refractivity contribution in [1.29, 1.82) is 0 Å². The Bertz CT molecular complexity index is 431. The highest BCUT2D eigenvalue weighted by Crippen LogP contribution is 2.37. The van der Waals surface area contributed by atoms with Crippen molar-refractivity contribution in [2.45, 2.75) is 19.9 Å². The molecule has 0 spiro atoms. The largest absolute Gasteiger partial charge is 0.350 e. The van der Waals surface area contributed by atoms with Crippen molar-refractivity contribution in [3.63, 3.8) is 0 Å². The molecule has 0 aliphatic heterocycles. The van der Waals surface area contributed by atoms with Crippen molar-refractivity contribution < 1.29 is 9.59 Å². The molecule has 1 saturated carbocycles. The second-order valence-corrected chi connectivity index (χ2v) is 4.80. The van der Waals surface area contributed by atoms with Crippen LogP contribution in [0, 0.1) is 11.8 Å². The third kappa shape index (κ3) is 3.58. The van der Waals surface area contributed by atoms with E-state index in [0.29, 0.717) is 12.5 Å². The average molecular weight is 246 g/mol. The topological polar surface area (TPSA) is 58.2 Å². The van der Waals surface area contributed by atoms with Crippen LogP contribution in [0.3, 0.4) is 0 Å². The lowest BCUT2D eigenvalue weighted by Crippen LogP contribution is -2.37. The maximum atomic E-state index is 11.5. The van der Waals surface area contributed by atoms with Crippen LogP contribution in [-0.4, -0.2) is 18.4 Å². The van der Waals surface area contributed by atoms with Crippen molar-refractivity contribution in [1.82, 2.24) is 10.6 Å². The minimum Gasteiger partial charge on any atom is -0.350 e. The van der Waals surface area contributed by atoms with Crippen LogP contribution < -0.4 is 10.6 Å². The Morgan fingerprint density at radius 3 is 2.50 bits per heavy atom. The minimum atomic E-state index is -0.152. The van der Waals surface area contributed by atoms with E-state index in [1.165, 1.54) is 0 Å². The summed E-state index contributed by atoms with van der Waals surface area (Å²) < 4.78 is 0. The van der Waals surface area contributed by atoms with Gasteiger partial charge in [0.25, 0.3) is 0 Å². The summed E-state index contributed by atoms with van der Waals surface area (Å²) in [6, 6.07) is 9.69. The second kappa shape index (κ2) is 5.67. The van der Waals surface area contributed by atoms with Crippen molar-refractivity contribution in [3.05, 3.63) is 35.9 Å². The molecule has 96 valence electrons. The molecule has 0 unspecified atom stereocenters. The molecule has 1 aromatic carbocycles. The van der Waals surface area contributed by atoms with Crippen molar-refractivity contribution >= 4 is 11.8 Å². The minimum absolute atomic E-state index is 0.00244. The number of carbonyl (C=O) groups is 2. The summed E-state index contributed by atoms with van der Waals surface area (Å²) in [5.41, 5.74) is 1.05. The van der Waals surface area contributed by atoms with Gasteiger partial charge >= 0.3 is 0 Å². The third-order valence-electron chi connectivity index (χ3n) is 3.20. The lowest BCUT2D eigenvalue weighted by molar-refractivity contribution is -0.127. The fourth-order valence-corrected chi connectivity index (χ4v) is 1.84. The first kappa shape index (κ1) is 12.6. The molecule has 1 aliphatic carbocycles. The Balaban J connectivity index is 1.65. The van der Waals surface area contributed by atoms with Crippen LogP contribution in [0.5, 0.6) is 0 Å². The van der Waals surface area contributed by atoms with E-state index in [9.17, 15) is 9.59 Å². The van der Waals surface area contributed by atoms with Crippen LogP contribution >= 0.6 is 0 Å². The quantitative estimate of drug-likeness (QED) is 0.816. The van der Waals surface area contributed by atoms with E-state index in [2.05, 4.69) is 10.6 Å². The molecule has 0 heterocycles. The van der Waals surface area contributed by atoms with E-state index in [0.717, 1.165) is 12.0 Å². The fourth-order valence-electron chi connectivity index (χ4n) is 1.84. The SMILES string of the molecule is C[C@H]1C[C@H]1C(=O)NCC(=O)NCc1ccccc1. The highest BCUT2D eigenvalue weighted by atomic mass is 16.2. The van der Waals surface area contributed by atoms with Crippen LogP contribution in [0.15, 0.2) is 30.3 Å². The van der Waals surface area contributed by atoms with E-state index in [-0.39, 0.29) is 24.3 Å². The van der Waals surface area contributed by atoms with Gasteiger partial charge in [0.1, 0.15) is 0 Å². The molecule has 2 amide bonds. The highest BCUT2D eigenvalue weighted by molar-refractivity contribution is 5.87. The monoisotopic (exact) mass is 246 g/mol. The molecule has 0 aromatic heterocycles. The Morgan fingerprint density at radius 1 is 1.22 bits per heavy atom. The zero-order valence-corrected chi connectivity index (χ0v) is 10.5. The summed E-state index contributed by atoms with van der Waals surface area (Å²) in [6.07, 6.45) is 0.942. The summed E-state index contributed by atoms with van der Waals surface area (Å²) in [4.78, 5) is 23.0. The molecule has 2 rings (SSSR count). The van der Waals surface area contributed by atoms with Gasteiger partial charge in [-0.3, -0.25) is 9.59 Å². The fraction of sp³-hybridized carbons (Fsp3) is 0.429. The zero-order valence-electron chi connectivity index (χ0n) is 10.5. The summed E-state index contributed by atoms with van der Waals surface area (Å²) in [5.74, 6) is 0.433. The van der Waals surface area contributed by atoms with Gasteiger partial charge < -0.3 is 10.6 Å². The standard InChI is InChI=1S/C14H18N2O2/c1-10-7-12(10)14(18)16-9-13(17)15-8-11-5-3-2-4-6-11/h2-6,10,12H,7-9H2,1H3,(H,15,17)(H,16,18)/t10-,12+/m0/s1. The molecule has 0 bridgehead atoms. The number of benzene rings is 1. The first-order valence-electron chi connectivity index (χ1n) is 6.25. The molecule has 1 aromatic rings. The smallest absolute Gasteiger partial charge is 0.239 e. The number of hydrogen-bond acceptors (Lipinski definition) is 2. The summed E-state index contributed by atoms with van der Waals surface area (Å²) in [5, 5.41) is 5.43. The van der Waals surface area contributed by atoms with Crippen LogP contribution in [-0.2, 0) is 16.1 Å². The average Bonchev–Trinajstić information content (AvgIpc) is 3.12. The van der Waals surface area contributed by atoms with E-state index in [4.69, 9.17) is 0 Å². The number of nitrogens with one attached hydrogen (secondary N) is 2. The zero-order chi connectivity index (χ0) is 13.0. The summed E-state index contributed by atoms with van der Waals surface area (Å²) in [6.45, 7) is 2.60. The van der Waals surface area contributed by atoms with Gasteiger partial charge in [-0.05, 0) is 17.9 Å². The highest BCUT2D eigenvalue weighted by Gasteiger charge is 2.38. The van der Waals surface area contributed by atoms with Crippen molar-refractivity contribution in [2.24, 2.45) is 11.8 Å². The predicted molar refractivity (Wildman–Crippen MR) is 68.6 cm³/mol. The van der Waals surface area contributed by atoms with Crippen LogP contribution in [0.2, 0.25) is 0 Å². The third-order valence-corrected chi connectivity index (χ3v) is 3.20. The lowest BCUT2D eigenvalue weighted by Gasteiger charge is -2.06. The maximum absolute atomic E-state index is 11.5. The van der Waals surface area contributed by atoms with Crippen LogP contribution in [0.4, 0.5) is 0 Å². The van der Waals surface area contributed by atoms with E-state index < -0.39 is 0 Å². The Hall–Kier alpha value is -1.84. The molecule has 1 fully saturated rings. The summed E-state index contributed by atoms with van der Waals surface area (Å²) in [7, 11) is 0. The van der Waals surface area contributed by atoms with Gasteiger partial charge in [-0.25, -0.2) is 0 Å². The van der Waals surface area contributed by atoms with E-state index in [1.807, 2.05) is 37.3 Å². The lowest BCUT2D eigenvalue weighted by atomic mass is 10.2. The number of carbonyl (C=O) groups excluding carboxylic acids is 2. The van der Waals surface area contributed by atoms with Crippen LogP contribution in [0.1, 0.15) is 18.9 Å². The van der Waals surface area contributed by atoms with Crippen molar-refractivity contribution in [2.75, 3.05) is 6.54 Å². The number of rotatable bonds is 5. The van der Waals surface area contributed by atoms with Gasteiger partial charge in [-0.1, -0.05) is 37.3 Å². The Morgan fingerprint density at radius 2 is 1.89 bits per heavy atom. The molecule has 1 aliphatic rings. The number of amides is 2. The first-order valence-corrected chi connectivity index (χ1v) is 6.25. The Labute approximate surface area is 107 Å². The molecule has 4 nitrogen and oxygen atoms in total. The van der Waals surface area contributed by atoms with Gasteiger partial charge in [0, 0.05) is 12.5 Å². The first-order chi connectivity index (χ1) is 8.66. The molecule has 4 heteroatoms. The van der Waals surface area contributed by atoms with Gasteiger partial charge in [-0.2, -0.15) is 0 Å². The van der Waals surface area contributed by atoms with Gasteiger partial charge in [-0.15, -0.1) is 0 Å². The second-order valence-electron chi connectivity index (χ2n) is 4.80. The molecule has 0 saturated heterocycles. The molecule has 2 atom stereocenters. The van der Waals surface area contributed by atoms with Crippen molar-refractivity contribution in [3.8, 4) is 0 Å². The molecular formula is C14H18N2O2. The number of hydrogen-bond donors (Lipinski definition) is 2. The molecule has 0 radical (unpaired) electrons. The molecule has 18 heavy (non-hydrogen) atoms. The molecule has 2 N–H and O–H groups in total. The maximum Gasteiger partial charge on any atom is 0.239 e. The van der Waals surface area contributed by atoms with Gasteiger partial charge in [0.15, 0.2) is 0 Å². The van der Waals surface area contributed by atoms with Crippen LogP contribution in [0.25, 0.3) is 0 Å². The van der Waals surface area contributed by atoms with E-state index in [1.54, 1.807) is 0 Å². The van der Waals surface area contributed by atoms with Gasteiger partial charge in [0.2, 0.25) is 11.8 Å². The summed E-state index contributed by atoms with van der Waals surface area (Å²) >= 11 is 0. The Kier molecular flexibility index (Phi) is 3.97.